The van der Waals surface area contributed by atoms with Crippen LogP contribution in [0, 0.1) is 0 Å². The minimum absolute atomic E-state index is 0.0831. The van der Waals surface area contributed by atoms with Gasteiger partial charge >= 0.3 is 0 Å². The van der Waals surface area contributed by atoms with Crippen molar-refractivity contribution in [1.29, 1.82) is 0 Å². The number of hydrogen-bond acceptors (Lipinski definition) is 2. The average molecular weight is 161 g/mol. The van der Waals surface area contributed by atoms with Crippen molar-refractivity contribution < 1.29 is 13.9 Å². The molecule has 2 atom stereocenters. The number of rotatable bonds is 1. The van der Waals surface area contributed by atoms with Crippen molar-refractivity contribution in [3.8, 4) is 0 Å². The van der Waals surface area contributed by atoms with Crippen LogP contribution >= 0.6 is 0 Å². The molecule has 0 aromatic heterocycles. The van der Waals surface area contributed by atoms with Gasteiger partial charge in [-0.05, 0) is 6.92 Å². The quantitative estimate of drug-likeness (QED) is 0.550. The Bertz CT molecular complexity index is 161. The largest absolute Gasteiger partial charge is 0.369 e. The number of carbonyl (C=O) groups is 1. The van der Waals surface area contributed by atoms with Gasteiger partial charge in [-0.2, -0.15) is 0 Å². The molecule has 0 aromatic carbocycles. The molecular weight excluding hydrogens is 149 g/mol. The van der Waals surface area contributed by atoms with E-state index in [-0.39, 0.29) is 12.5 Å². The summed E-state index contributed by atoms with van der Waals surface area (Å²) in [5.74, 6) is -0.147. The zero-order valence-corrected chi connectivity index (χ0v) is 6.71. The molecule has 1 saturated heterocycles. The summed E-state index contributed by atoms with van der Waals surface area (Å²) in [5.41, 5.74) is 0. The SMILES string of the molecule is CC(F)[C@@H]1COCC(=O)N1C. The fourth-order valence-corrected chi connectivity index (χ4v) is 1.11. The first-order valence-corrected chi connectivity index (χ1v) is 3.60. The van der Waals surface area contributed by atoms with Crippen LogP contribution in [0.15, 0.2) is 0 Å². The van der Waals surface area contributed by atoms with Gasteiger partial charge < -0.3 is 9.64 Å². The monoisotopic (exact) mass is 161 g/mol. The van der Waals surface area contributed by atoms with Crippen molar-refractivity contribution >= 4 is 5.91 Å². The summed E-state index contributed by atoms with van der Waals surface area (Å²) in [4.78, 5) is 12.4. The van der Waals surface area contributed by atoms with Crippen LogP contribution < -0.4 is 0 Å². The van der Waals surface area contributed by atoms with E-state index in [0.717, 1.165) is 0 Å². The van der Waals surface area contributed by atoms with E-state index in [9.17, 15) is 9.18 Å². The maximum absolute atomic E-state index is 12.7. The molecule has 0 saturated carbocycles. The lowest BCUT2D eigenvalue weighted by atomic mass is 10.1. The van der Waals surface area contributed by atoms with E-state index in [4.69, 9.17) is 4.74 Å². The number of likely N-dealkylation sites (N-methyl/N-ethyl adjacent to an activating group) is 1. The third-order valence-electron chi connectivity index (χ3n) is 1.94. The third kappa shape index (κ3) is 1.68. The van der Waals surface area contributed by atoms with Crippen LogP contribution in [0.2, 0.25) is 0 Å². The molecule has 0 N–H and O–H groups in total. The topological polar surface area (TPSA) is 29.5 Å². The van der Waals surface area contributed by atoms with Crippen molar-refractivity contribution in [2.45, 2.75) is 19.1 Å². The summed E-state index contributed by atoms with van der Waals surface area (Å²) >= 11 is 0. The molecule has 0 aliphatic carbocycles. The Morgan fingerprint density at radius 2 is 2.45 bits per heavy atom. The van der Waals surface area contributed by atoms with Crippen LogP contribution in [0.3, 0.4) is 0 Å². The first-order valence-electron chi connectivity index (χ1n) is 3.60. The smallest absolute Gasteiger partial charge is 0.248 e. The van der Waals surface area contributed by atoms with Gasteiger partial charge in [-0.25, -0.2) is 4.39 Å². The molecule has 1 aliphatic rings. The molecule has 1 heterocycles. The van der Waals surface area contributed by atoms with Gasteiger partial charge in [0.2, 0.25) is 5.91 Å². The molecule has 1 amide bonds. The van der Waals surface area contributed by atoms with Gasteiger partial charge in [0, 0.05) is 7.05 Å². The summed E-state index contributed by atoms with van der Waals surface area (Å²) in [6, 6.07) is -0.406. The first kappa shape index (κ1) is 8.46. The molecule has 0 aromatic rings. The van der Waals surface area contributed by atoms with Crippen molar-refractivity contribution in [1.82, 2.24) is 4.90 Å². The number of ether oxygens (including phenoxy) is 1. The molecule has 4 heteroatoms. The summed E-state index contributed by atoms with van der Waals surface area (Å²) in [6.45, 7) is 1.82. The number of halogens is 1. The minimum Gasteiger partial charge on any atom is -0.369 e. The number of carbonyl (C=O) groups excluding carboxylic acids is 1. The standard InChI is InChI=1S/C7H12FNO2/c1-5(8)6-3-11-4-7(10)9(6)2/h5-6H,3-4H2,1-2H3/t5?,6-/m0/s1. The third-order valence-corrected chi connectivity index (χ3v) is 1.94. The van der Waals surface area contributed by atoms with Crippen LogP contribution in [-0.4, -0.2) is 43.3 Å². The highest BCUT2D eigenvalue weighted by molar-refractivity contribution is 5.78. The van der Waals surface area contributed by atoms with Gasteiger partial charge in [0.15, 0.2) is 0 Å². The molecule has 0 radical (unpaired) electrons. The van der Waals surface area contributed by atoms with Gasteiger partial charge in [0.1, 0.15) is 12.8 Å². The normalized spacial score (nSPS) is 28.8. The lowest BCUT2D eigenvalue weighted by Gasteiger charge is -2.33. The Balaban J connectivity index is 2.58. The average Bonchev–Trinajstić information content (AvgIpc) is 1.94. The first-order chi connectivity index (χ1) is 5.13. The number of amides is 1. The van der Waals surface area contributed by atoms with Crippen molar-refractivity contribution in [3.05, 3.63) is 0 Å². The fourth-order valence-electron chi connectivity index (χ4n) is 1.11. The molecule has 1 unspecified atom stereocenters. The Morgan fingerprint density at radius 3 is 2.91 bits per heavy atom. The molecule has 64 valence electrons. The number of alkyl halides is 1. The molecule has 1 rings (SSSR count). The maximum atomic E-state index is 12.7. The van der Waals surface area contributed by atoms with Crippen LogP contribution in [0.4, 0.5) is 4.39 Å². The van der Waals surface area contributed by atoms with E-state index >= 15 is 0 Å². The van der Waals surface area contributed by atoms with Crippen molar-refractivity contribution in [2.75, 3.05) is 20.3 Å². The predicted molar refractivity (Wildman–Crippen MR) is 37.9 cm³/mol. The lowest BCUT2D eigenvalue weighted by molar-refractivity contribution is -0.148. The van der Waals surface area contributed by atoms with Crippen LogP contribution in [-0.2, 0) is 9.53 Å². The van der Waals surface area contributed by atoms with E-state index in [1.807, 2.05) is 0 Å². The lowest BCUT2D eigenvalue weighted by Crippen LogP contribution is -2.50. The molecule has 11 heavy (non-hydrogen) atoms. The second-order valence-electron chi connectivity index (χ2n) is 2.76. The van der Waals surface area contributed by atoms with E-state index < -0.39 is 12.2 Å². The summed E-state index contributed by atoms with van der Waals surface area (Å²) in [6.07, 6.45) is -1.02. The molecule has 0 spiro atoms. The van der Waals surface area contributed by atoms with Gasteiger partial charge in [0.25, 0.3) is 0 Å². The van der Waals surface area contributed by atoms with Gasteiger partial charge in [-0.15, -0.1) is 0 Å². The van der Waals surface area contributed by atoms with E-state index in [0.29, 0.717) is 6.61 Å². The number of hydrogen-bond donors (Lipinski definition) is 0. The fraction of sp³-hybridized carbons (Fsp3) is 0.857. The summed E-state index contributed by atoms with van der Waals surface area (Å²) in [7, 11) is 1.60. The zero-order chi connectivity index (χ0) is 8.43. The summed E-state index contributed by atoms with van der Waals surface area (Å²) < 4.78 is 17.6. The van der Waals surface area contributed by atoms with Gasteiger partial charge in [-0.1, -0.05) is 0 Å². The van der Waals surface area contributed by atoms with Crippen molar-refractivity contribution in [3.63, 3.8) is 0 Å². The van der Waals surface area contributed by atoms with E-state index in [1.54, 1.807) is 7.05 Å². The predicted octanol–water partition coefficient (Wildman–Crippen LogP) is 0.202. The highest BCUT2D eigenvalue weighted by Gasteiger charge is 2.29. The molecule has 3 nitrogen and oxygen atoms in total. The molecule has 1 aliphatic heterocycles. The second kappa shape index (κ2) is 3.17. The van der Waals surface area contributed by atoms with Gasteiger partial charge in [-0.3, -0.25) is 4.79 Å². The van der Waals surface area contributed by atoms with E-state index in [1.165, 1.54) is 11.8 Å². The maximum Gasteiger partial charge on any atom is 0.248 e. The van der Waals surface area contributed by atoms with E-state index in [2.05, 4.69) is 0 Å². The Hall–Kier alpha value is -0.640. The Labute approximate surface area is 65.1 Å². The Kier molecular flexibility index (Phi) is 2.44. The molecule has 1 fully saturated rings. The zero-order valence-electron chi connectivity index (χ0n) is 6.71. The number of morpholine rings is 1. The molecule has 0 bridgehead atoms. The van der Waals surface area contributed by atoms with Crippen molar-refractivity contribution in [2.24, 2.45) is 0 Å². The summed E-state index contributed by atoms with van der Waals surface area (Å²) in [5, 5.41) is 0. The highest BCUT2D eigenvalue weighted by Crippen LogP contribution is 2.11. The van der Waals surface area contributed by atoms with Crippen LogP contribution in [0.1, 0.15) is 6.92 Å². The van der Waals surface area contributed by atoms with Crippen LogP contribution in [0.25, 0.3) is 0 Å². The Morgan fingerprint density at radius 1 is 1.82 bits per heavy atom. The minimum atomic E-state index is -1.02. The second-order valence-corrected chi connectivity index (χ2v) is 2.76. The highest BCUT2D eigenvalue weighted by atomic mass is 19.1. The van der Waals surface area contributed by atoms with Crippen LogP contribution in [0.5, 0.6) is 0 Å². The van der Waals surface area contributed by atoms with Gasteiger partial charge in [0.05, 0.1) is 12.6 Å². The molecular formula is C7H12FNO2. The number of nitrogens with zero attached hydrogens (tertiary/aromatic N) is 1.